The molecule has 1 aromatic carbocycles. The van der Waals surface area contributed by atoms with Crippen molar-refractivity contribution in [3.63, 3.8) is 0 Å². The molecule has 2 heteroatoms. The molecule has 2 rings (SSSR count). The monoisotopic (exact) mass is 356 g/mol. The maximum atomic E-state index is 2.55. The number of rotatable bonds is 14. The van der Waals surface area contributed by atoms with E-state index in [1.165, 1.54) is 82.7 Å². The first-order chi connectivity index (χ1) is 12.8. The topological polar surface area (TPSA) is 6.48 Å². The van der Waals surface area contributed by atoms with Crippen LogP contribution >= 0.6 is 0 Å². The van der Waals surface area contributed by atoms with Crippen molar-refractivity contribution < 1.29 is 0 Å². The van der Waals surface area contributed by atoms with Gasteiger partial charge in [0.2, 0.25) is 0 Å². The third-order valence-electron chi connectivity index (χ3n) is 5.56. The first kappa shape index (κ1) is 20.9. The smallest absolute Gasteiger partial charge is 0.101 e. The predicted molar refractivity (Wildman–Crippen MR) is 114 cm³/mol. The highest BCUT2D eigenvalue weighted by Gasteiger charge is 2.23. The summed E-state index contributed by atoms with van der Waals surface area (Å²) in [7, 11) is 0. The minimum atomic E-state index is 0.536. The van der Waals surface area contributed by atoms with Gasteiger partial charge in [0.1, 0.15) is 6.17 Å². The zero-order chi connectivity index (χ0) is 18.5. The average Bonchev–Trinajstić information content (AvgIpc) is 3.05. The molecule has 0 fully saturated rings. The van der Waals surface area contributed by atoms with Crippen LogP contribution in [0.3, 0.4) is 0 Å². The molecule has 0 bridgehead atoms. The SMILES string of the molecule is CCCCCCCCCCCCN1C=CN(Cc2ccccc2)C1CC. The third kappa shape index (κ3) is 7.43. The van der Waals surface area contributed by atoms with Crippen molar-refractivity contribution in [2.75, 3.05) is 6.54 Å². The molecule has 1 aromatic rings. The Morgan fingerprint density at radius 3 is 1.88 bits per heavy atom. The fraction of sp³-hybridized carbons (Fsp3) is 0.667. The third-order valence-corrected chi connectivity index (χ3v) is 5.56. The lowest BCUT2D eigenvalue weighted by Crippen LogP contribution is -2.38. The molecule has 1 aliphatic rings. The maximum absolute atomic E-state index is 2.55. The zero-order valence-electron chi connectivity index (χ0n) is 17.2. The van der Waals surface area contributed by atoms with Crippen molar-refractivity contribution in [3.05, 3.63) is 48.3 Å². The molecule has 0 saturated heterocycles. The average molecular weight is 357 g/mol. The van der Waals surface area contributed by atoms with Gasteiger partial charge in [0, 0.05) is 25.5 Å². The summed E-state index contributed by atoms with van der Waals surface area (Å²) in [6.07, 6.45) is 20.4. The van der Waals surface area contributed by atoms with Gasteiger partial charge in [-0.25, -0.2) is 0 Å². The number of unbranched alkanes of at least 4 members (excludes halogenated alkanes) is 9. The summed E-state index contributed by atoms with van der Waals surface area (Å²) in [4.78, 5) is 5.04. The molecule has 1 aliphatic heterocycles. The maximum Gasteiger partial charge on any atom is 0.101 e. The summed E-state index contributed by atoms with van der Waals surface area (Å²) in [5.41, 5.74) is 1.40. The van der Waals surface area contributed by atoms with Crippen molar-refractivity contribution in [2.24, 2.45) is 0 Å². The molecule has 26 heavy (non-hydrogen) atoms. The fourth-order valence-corrected chi connectivity index (χ4v) is 3.99. The number of hydrogen-bond acceptors (Lipinski definition) is 2. The van der Waals surface area contributed by atoms with Crippen LogP contribution in [0.5, 0.6) is 0 Å². The lowest BCUT2D eigenvalue weighted by molar-refractivity contribution is 0.140. The molecule has 0 spiro atoms. The summed E-state index contributed by atoms with van der Waals surface area (Å²) < 4.78 is 0. The molecule has 0 radical (unpaired) electrons. The first-order valence-corrected chi connectivity index (χ1v) is 11.1. The Kier molecular flexibility index (Phi) is 10.3. The van der Waals surface area contributed by atoms with Gasteiger partial charge in [-0.1, -0.05) is 102 Å². The minimum Gasteiger partial charge on any atom is -0.356 e. The Balaban J connectivity index is 1.56. The molecule has 1 atom stereocenters. The van der Waals surface area contributed by atoms with E-state index in [2.05, 4.69) is 66.4 Å². The van der Waals surface area contributed by atoms with Crippen molar-refractivity contribution in [1.29, 1.82) is 0 Å². The van der Waals surface area contributed by atoms with Gasteiger partial charge in [-0.15, -0.1) is 0 Å². The molecular formula is C24H40N2. The van der Waals surface area contributed by atoms with Gasteiger partial charge in [-0.3, -0.25) is 0 Å². The van der Waals surface area contributed by atoms with Gasteiger partial charge in [0.25, 0.3) is 0 Å². The lowest BCUT2D eigenvalue weighted by Gasteiger charge is -2.32. The van der Waals surface area contributed by atoms with Gasteiger partial charge >= 0.3 is 0 Å². The van der Waals surface area contributed by atoms with Crippen LogP contribution in [0.25, 0.3) is 0 Å². The number of nitrogens with zero attached hydrogens (tertiary/aromatic N) is 2. The highest BCUT2D eigenvalue weighted by molar-refractivity contribution is 5.15. The summed E-state index contributed by atoms with van der Waals surface area (Å²) in [6, 6.07) is 10.8. The Morgan fingerprint density at radius 2 is 1.27 bits per heavy atom. The van der Waals surface area contributed by atoms with Crippen molar-refractivity contribution in [2.45, 2.75) is 97.2 Å². The van der Waals surface area contributed by atoms with E-state index in [-0.39, 0.29) is 0 Å². The Labute approximate surface area is 162 Å². The molecule has 0 aromatic heterocycles. The Hall–Kier alpha value is -1.44. The predicted octanol–water partition coefficient (Wildman–Crippen LogP) is 6.93. The Morgan fingerprint density at radius 1 is 0.692 bits per heavy atom. The molecule has 1 unspecified atom stereocenters. The second-order valence-corrected chi connectivity index (χ2v) is 7.76. The number of benzene rings is 1. The van der Waals surface area contributed by atoms with Crippen LogP contribution in [0.1, 0.15) is 90.0 Å². The largest absolute Gasteiger partial charge is 0.356 e. The highest BCUT2D eigenvalue weighted by Crippen LogP contribution is 2.22. The van der Waals surface area contributed by atoms with E-state index in [9.17, 15) is 0 Å². The van der Waals surface area contributed by atoms with E-state index in [0.717, 1.165) is 6.54 Å². The molecule has 2 nitrogen and oxygen atoms in total. The van der Waals surface area contributed by atoms with Gasteiger partial charge in [-0.05, 0) is 18.4 Å². The van der Waals surface area contributed by atoms with Gasteiger partial charge in [-0.2, -0.15) is 0 Å². The highest BCUT2D eigenvalue weighted by atomic mass is 15.4. The normalized spacial score (nSPS) is 16.6. The van der Waals surface area contributed by atoms with Crippen LogP contribution in [0, 0.1) is 0 Å². The van der Waals surface area contributed by atoms with Crippen molar-refractivity contribution in [3.8, 4) is 0 Å². The Bertz CT molecular complexity index is 482. The van der Waals surface area contributed by atoms with Crippen LogP contribution in [0.2, 0.25) is 0 Å². The van der Waals surface area contributed by atoms with Crippen molar-refractivity contribution in [1.82, 2.24) is 9.80 Å². The van der Waals surface area contributed by atoms with Crippen LogP contribution < -0.4 is 0 Å². The zero-order valence-corrected chi connectivity index (χ0v) is 17.2. The van der Waals surface area contributed by atoms with Gasteiger partial charge < -0.3 is 9.80 Å². The summed E-state index contributed by atoms with van der Waals surface area (Å²) in [5, 5.41) is 0. The van der Waals surface area contributed by atoms with E-state index in [0.29, 0.717) is 6.17 Å². The molecule has 0 amide bonds. The van der Waals surface area contributed by atoms with Gasteiger partial charge in [0.05, 0.1) is 0 Å². The molecule has 0 N–H and O–H groups in total. The molecule has 0 aliphatic carbocycles. The van der Waals surface area contributed by atoms with E-state index < -0.39 is 0 Å². The molecule has 1 heterocycles. The van der Waals surface area contributed by atoms with Crippen LogP contribution in [0.15, 0.2) is 42.7 Å². The van der Waals surface area contributed by atoms with E-state index >= 15 is 0 Å². The summed E-state index contributed by atoms with van der Waals surface area (Å²) in [6.45, 7) is 6.82. The van der Waals surface area contributed by atoms with Gasteiger partial charge in [0.15, 0.2) is 0 Å². The van der Waals surface area contributed by atoms with E-state index in [1.807, 2.05) is 0 Å². The quantitative estimate of drug-likeness (QED) is 0.333. The first-order valence-electron chi connectivity index (χ1n) is 11.1. The molecule has 146 valence electrons. The standard InChI is InChI=1S/C24H40N2/c1-3-5-6-7-8-9-10-11-12-16-19-25-20-21-26(24(25)4-2)22-23-17-14-13-15-18-23/h13-15,17-18,20-21,24H,3-12,16,19,22H2,1-2H3. The van der Waals surface area contributed by atoms with Crippen LogP contribution in [0.4, 0.5) is 0 Å². The van der Waals surface area contributed by atoms with Crippen molar-refractivity contribution >= 4 is 0 Å². The van der Waals surface area contributed by atoms with Crippen LogP contribution in [-0.2, 0) is 6.54 Å². The fourth-order valence-electron chi connectivity index (χ4n) is 3.99. The summed E-state index contributed by atoms with van der Waals surface area (Å²) in [5.74, 6) is 0. The lowest BCUT2D eigenvalue weighted by atomic mass is 10.1. The second kappa shape index (κ2) is 12.8. The van der Waals surface area contributed by atoms with E-state index in [4.69, 9.17) is 0 Å². The second-order valence-electron chi connectivity index (χ2n) is 7.76. The minimum absolute atomic E-state index is 0.536. The van der Waals surface area contributed by atoms with Crippen LogP contribution in [-0.4, -0.2) is 22.5 Å². The number of hydrogen-bond donors (Lipinski definition) is 0. The summed E-state index contributed by atoms with van der Waals surface area (Å²) >= 11 is 0. The molecule has 0 saturated carbocycles. The van der Waals surface area contributed by atoms with E-state index in [1.54, 1.807) is 0 Å². The molecular weight excluding hydrogens is 316 g/mol.